The van der Waals surface area contributed by atoms with Crippen molar-refractivity contribution in [3.05, 3.63) is 45.5 Å². The molecule has 2 aromatic heterocycles. The summed E-state index contributed by atoms with van der Waals surface area (Å²) in [5.41, 5.74) is 1.58. The van der Waals surface area contributed by atoms with Crippen LogP contribution < -0.4 is 5.63 Å². The molecular weight excluding hydrogens is 370 g/mol. The van der Waals surface area contributed by atoms with Crippen LogP contribution in [0, 0.1) is 13.8 Å². The highest BCUT2D eigenvalue weighted by Crippen LogP contribution is 2.28. The molecule has 3 rings (SSSR count). The fraction of sp³-hybridized carbons (Fsp3) is 0.263. The zero-order valence-corrected chi connectivity index (χ0v) is 15.1. The van der Waals surface area contributed by atoms with Gasteiger partial charge in [0.05, 0.1) is 18.2 Å². The monoisotopic (exact) mass is 387 g/mol. The highest BCUT2D eigenvalue weighted by Gasteiger charge is 2.23. The van der Waals surface area contributed by atoms with Crippen LogP contribution in [-0.4, -0.2) is 46.0 Å². The van der Waals surface area contributed by atoms with Crippen LogP contribution in [0.4, 0.5) is 0 Å². The molecule has 28 heavy (non-hydrogen) atoms. The Morgan fingerprint density at radius 3 is 2.25 bits per heavy atom. The summed E-state index contributed by atoms with van der Waals surface area (Å²) in [5.74, 6) is -3.50. The maximum atomic E-state index is 12.5. The molecule has 0 atom stereocenters. The largest absolute Gasteiger partial charge is 0.480 e. The quantitative estimate of drug-likeness (QED) is 0.610. The molecular formula is C19H17NO8. The van der Waals surface area contributed by atoms with Crippen molar-refractivity contribution in [2.75, 3.05) is 13.1 Å². The van der Waals surface area contributed by atoms with Gasteiger partial charge in [0.1, 0.15) is 24.3 Å². The van der Waals surface area contributed by atoms with Crippen LogP contribution in [0.3, 0.4) is 0 Å². The van der Waals surface area contributed by atoms with E-state index in [0.29, 0.717) is 27.0 Å². The molecule has 1 aromatic carbocycles. The summed E-state index contributed by atoms with van der Waals surface area (Å²) in [5, 5.41) is 19.2. The molecule has 0 aliphatic carbocycles. The van der Waals surface area contributed by atoms with E-state index >= 15 is 0 Å². The minimum Gasteiger partial charge on any atom is -0.480 e. The van der Waals surface area contributed by atoms with Crippen LogP contribution in [0.25, 0.3) is 21.9 Å². The molecule has 9 heteroatoms. The molecule has 0 saturated carbocycles. The van der Waals surface area contributed by atoms with E-state index in [1.165, 1.54) is 0 Å². The Kier molecular flexibility index (Phi) is 4.91. The van der Waals surface area contributed by atoms with Crippen molar-refractivity contribution in [1.82, 2.24) is 4.90 Å². The number of carboxylic acid groups (broad SMARTS) is 2. The molecule has 0 bridgehead atoms. The fourth-order valence-corrected chi connectivity index (χ4v) is 3.06. The lowest BCUT2D eigenvalue weighted by molar-refractivity contribution is -0.149. The Hall–Kier alpha value is -3.62. The first-order valence-corrected chi connectivity index (χ1v) is 8.33. The van der Waals surface area contributed by atoms with Crippen molar-refractivity contribution >= 4 is 39.8 Å². The molecule has 146 valence electrons. The second-order valence-electron chi connectivity index (χ2n) is 6.47. The Balaban J connectivity index is 2.04. The highest BCUT2D eigenvalue weighted by molar-refractivity contribution is 5.97. The van der Waals surface area contributed by atoms with E-state index in [2.05, 4.69) is 0 Å². The van der Waals surface area contributed by atoms with Gasteiger partial charge in [-0.25, -0.2) is 4.79 Å². The molecule has 0 aliphatic rings. The fourth-order valence-electron chi connectivity index (χ4n) is 3.06. The number of amides is 1. The normalized spacial score (nSPS) is 11.1. The average molecular weight is 387 g/mol. The van der Waals surface area contributed by atoms with Crippen molar-refractivity contribution in [2.45, 2.75) is 20.3 Å². The summed E-state index contributed by atoms with van der Waals surface area (Å²) in [4.78, 5) is 47.3. The topological polar surface area (TPSA) is 138 Å². The van der Waals surface area contributed by atoms with E-state index in [1.54, 1.807) is 25.3 Å². The number of rotatable bonds is 6. The molecule has 0 saturated heterocycles. The number of nitrogens with zero attached hydrogens (tertiary/aromatic N) is 1. The predicted molar refractivity (Wildman–Crippen MR) is 97.3 cm³/mol. The van der Waals surface area contributed by atoms with Crippen molar-refractivity contribution in [2.24, 2.45) is 0 Å². The number of carbonyl (C=O) groups is 3. The third-order valence-electron chi connectivity index (χ3n) is 4.51. The maximum absolute atomic E-state index is 12.5. The van der Waals surface area contributed by atoms with Gasteiger partial charge in [-0.05, 0) is 31.0 Å². The number of carbonyl (C=O) groups excluding carboxylic acids is 1. The van der Waals surface area contributed by atoms with E-state index in [1.807, 2.05) is 6.92 Å². The van der Waals surface area contributed by atoms with Crippen LogP contribution in [0.2, 0.25) is 0 Å². The first kappa shape index (κ1) is 19.2. The lowest BCUT2D eigenvalue weighted by Gasteiger charge is -2.18. The zero-order chi connectivity index (χ0) is 20.6. The van der Waals surface area contributed by atoms with Crippen LogP contribution in [-0.2, 0) is 20.8 Å². The SMILES string of the molecule is Cc1coc2cc3oc(=O)c(CC(=O)N(CC(=O)O)CC(=O)O)c(C)c3cc12. The average Bonchev–Trinajstić information content (AvgIpc) is 2.96. The lowest BCUT2D eigenvalue weighted by atomic mass is 10.0. The van der Waals surface area contributed by atoms with Crippen molar-refractivity contribution in [3.63, 3.8) is 0 Å². The number of aryl methyl sites for hydroxylation is 2. The highest BCUT2D eigenvalue weighted by atomic mass is 16.4. The zero-order valence-electron chi connectivity index (χ0n) is 15.1. The van der Waals surface area contributed by atoms with Crippen LogP contribution in [0.5, 0.6) is 0 Å². The molecule has 9 nitrogen and oxygen atoms in total. The first-order valence-electron chi connectivity index (χ1n) is 8.33. The molecule has 0 radical (unpaired) electrons. The number of furan rings is 1. The summed E-state index contributed by atoms with van der Waals surface area (Å²) < 4.78 is 10.7. The predicted octanol–water partition coefficient (Wildman–Crippen LogP) is 1.70. The summed E-state index contributed by atoms with van der Waals surface area (Å²) in [6, 6.07) is 3.39. The second-order valence-corrected chi connectivity index (χ2v) is 6.47. The molecule has 2 heterocycles. The minimum atomic E-state index is -1.35. The molecule has 0 spiro atoms. The minimum absolute atomic E-state index is 0.0544. The first-order chi connectivity index (χ1) is 13.2. The molecule has 3 aromatic rings. The molecule has 0 fully saturated rings. The Morgan fingerprint density at radius 1 is 1.00 bits per heavy atom. The molecule has 2 N–H and O–H groups in total. The van der Waals surface area contributed by atoms with Gasteiger partial charge < -0.3 is 23.9 Å². The van der Waals surface area contributed by atoms with E-state index < -0.39 is 43.0 Å². The van der Waals surface area contributed by atoms with Gasteiger partial charge >= 0.3 is 17.6 Å². The van der Waals surface area contributed by atoms with Crippen molar-refractivity contribution in [1.29, 1.82) is 0 Å². The van der Waals surface area contributed by atoms with Crippen LogP contribution >= 0.6 is 0 Å². The van der Waals surface area contributed by atoms with Gasteiger partial charge in [-0.15, -0.1) is 0 Å². The second kappa shape index (κ2) is 7.18. The van der Waals surface area contributed by atoms with Crippen molar-refractivity contribution in [3.8, 4) is 0 Å². The Morgan fingerprint density at radius 2 is 1.64 bits per heavy atom. The number of carboxylic acids is 2. The van der Waals surface area contributed by atoms with Crippen LogP contribution in [0.15, 0.2) is 32.0 Å². The molecule has 0 aliphatic heterocycles. The molecule has 1 amide bonds. The third kappa shape index (κ3) is 3.59. The standard InChI is InChI=1S/C19H17NO8/c1-9-8-27-14-5-15-12(3-11(9)14)10(2)13(19(26)28-15)4-16(21)20(6-17(22)23)7-18(24)25/h3,5,8H,4,6-7H2,1-2H3,(H,22,23)(H,24,25). The van der Waals surface area contributed by atoms with Crippen LogP contribution in [0.1, 0.15) is 16.7 Å². The van der Waals surface area contributed by atoms with Gasteiger partial charge in [-0.3, -0.25) is 14.4 Å². The third-order valence-corrected chi connectivity index (χ3v) is 4.51. The Bertz CT molecular complexity index is 1150. The van der Waals surface area contributed by atoms with Gasteiger partial charge in [0.25, 0.3) is 0 Å². The van der Waals surface area contributed by atoms with Gasteiger partial charge in [0.15, 0.2) is 0 Å². The number of fused-ring (bicyclic) bond motifs is 2. The van der Waals surface area contributed by atoms with Gasteiger partial charge in [0.2, 0.25) is 5.91 Å². The smallest absolute Gasteiger partial charge is 0.340 e. The summed E-state index contributed by atoms with van der Waals surface area (Å²) in [7, 11) is 0. The summed E-state index contributed by atoms with van der Waals surface area (Å²) in [6.07, 6.45) is 1.12. The number of benzene rings is 1. The van der Waals surface area contributed by atoms with E-state index in [-0.39, 0.29) is 5.56 Å². The lowest BCUT2D eigenvalue weighted by Crippen LogP contribution is -2.40. The summed E-state index contributed by atoms with van der Waals surface area (Å²) >= 11 is 0. The van der Waals surface area contributed by atoms with E-state index in [0.717, 1.165) is 10.9 Å². The van der Waals surface area contributed by atoms with Crippen molar-refractivity contribution < 1.29 is 33.4 Å². The number of hydrogen-bond acceptors (Lipinski definition) is 6. The van der Waals surface area contributed by atoms with Gasteiger partial charge in [0, 0.05) is 16.8 Å². The molecule has 0 unspecified atom stereocenters. The van der Waals surface area contributed by atoms with Gasteiger partial charge in [-0.1, -0.05) is 0 Å². The van der Waals surface area contributed by atoms with E-state index in [4.69, 9.17) is 19.0 Å². The van der Waals surface area contributed by atoms with Gasteiger partial charge in [-0.2, -0.15) is 0 Å². The number of aliphatic carboxylic acids is 2. The number of hydrogen-bond donors (Lipinski definition) is 2. The summed E-state index contributed by atoms with van der Waals surface area (Å²) in [6.45, 7) is 1.96. The maximum Gasteiger partial charge on any atom is 0.340 e. The Labute approximate surface area is 157 Å². The van der Waals surface area contributed by atoms with E-state index in [9.17, 15) is 19.2 Å².